The van der Waals surface area contributed by atoms with Crippen molar-refractivity contribution in [3.05, 3.63) is 41.1 Å². The fourth-order valence-electron chi connectivity index (χ4n) is 2.98. The molecule has 0 N–H and O–H groups in total. The standard InChI is InChI=1S/C16H20N2/c1-3-18-10-8-14-12(2)13-6-4-5-7-15(13)17-16(14)9-11-18/h4-7H,3,8-11H2,1-2H3. The number of benzene rings is 1. The smallest absolute Gasteiger partial charge is 0.0708 e. The second kappa shape index (κ2) is 4.69. The summed E-state index contributed by atoms with van der Waals surface area (Å²) in [5.41, 5.74) is 5.40. The molecule has 18 heavy (non-hydrogen) atoms. The Labute approximate surface area is 109 Å². The third-order valence-corrected chi connectivity index (χ3v) is 4.15. The Hall–Kier alpha value is -1.41. The first-order valence-electron chi connectivity index (χ1n) is 6.89. The summed E-state index contributed by atoms with van der Waals surface area (Å²) in [5, 5.41) is 1.32. The quantitative estimate of drug-likeness (QED) is 0.762. The maximum Gasteiger partial charge on any atom is 0.0708 e. The zero-order chi connectivity index (χ0) is 12.5. The fourth-order valence-corrected chi connectivity index (χ4v) is 2.98. The van der Waals surface area contributed by atoms with Gasteiger partial charge in [-0.2, -0.15) is 0 Å². The van der Waals surface area contributed by atoms with Gasteiger partial charge in [-0.15, -0.1) is 0 Å². The van der Waals surface area contributed by atoms with Crippen LogP contribution in [0, 0.1) is 6.92 Å². The zero-order valence-electron chi connectivity index (χ0n) is 11.2. The maximum atomic E-state index is 4.88. The highest BCUT2D eigenvalue weighted by atomic mass is 15.1. The number of aryl methyl sites for hydroxylation is 1. The van der Waals surface area contributed by atoms with Crippen LogP contribution in [0.2, 0.25) is 0 Å². The fraction of sp³-hybridized carbons (Fsp3) is 0.438. The lowest BCUT2D eigenvalue weighted by atomic mass is 9.99. The maximum absolute atomic E-state index is 4.88. The van der Waals surface area contributed by atoms with Crippen LogP contribution in [0.25, 0.3) is 10.9 Å². The second-order valence-corrected chi connectivity index (χ2v) is 5.11. The summed E-state index contributed by atoms with van der Waals surface area (Å²) < 4.78 is 0. The van der Waals surface area contributed by atoms with Gasteiger partial charge in [0.05, 0.1) is 5.52 Å². The minimum absolute atomic E-state index is 1.09. The lowest BCUT2D eigenvalue weighted by Crippen LogP contribution is -2.25. The molecule has 2 heteroatoms. The van der Waals surface area contributed by atoms with Crippen molar-refractivity contribution in [3.8, 4) is 0 Å². The van der Waals surface area contributed by atoms with E-state index in [1.54, 1.807) is 0 Å². The van der Waals surface area contributed by atoms with Gasteiger partial charge >= 0.3 is 0 Å². The van der Waals surface area contributed by atoms with Crippen LogP contribution >= 0.6 is 0 Å². The average Bonchev–Trinajstić information content (AvgIpc) is 2.61. The van der Waals surface area contributed by atoms with Gasteiger partial charge in [0.2, 0.25) is 0 Å². The predicted octanol–water partition coefficient (Wildman–Crippen LogP) is 2.96. The van der Waals surface area contributed by atoms with Gasteiger partial charge in [-0.05, 0) is 37.1 Å². The molecule has 0 atom stereocenters. The number of nitrogens with zero attached hydrogens (tertiary/aromatic N) is 2. The molecule has 0 spiro atoms. The van der Waals surface area contributed by atoms with Crippen molar-refractivity contribution in [1.29, 1.82) is 0 Å². The number of aromatic nitrogens is 1. The van der Waals surface area contributed by atoms with Crippen LogP contribution in [0.1, 0.15) is 23.7 Å². The molecule has 0 fully saturated rings. The van der Waals surface area contributed by atoms with E-state index in [0.29, 0.717) is 0 Å². The molecule has 3 rings (SSSR count). The molecule has 2 nitrogen and oxygen atoms in total. The summed E-state index contributed by atoms with van der Waals surface area (Å²) in [6.07, 6.45) is 2.24. The number of hydrogen-bond donors (Lipinski definition) is 0. The van der Waals surface area contributed by atoms with Crippen LogP contribution in [0.5, 0.6) is 0 Å². The molecular formula is C16H20N2. The van der Waals surface area contributed by atoms with Crippen LogP contribution < -0.4 is 0 Å². The summed E-state index contributed by atoms with van der Waals surface area (Å²) in [7, 11) is 0. The molecule has 94 valence electrons. The minimum Gasteiger partial charge on any atom is -0.303 e. The number of rotatable bonds is 1. The van der Waals surface area contributed by atoms with Crippen LogP contribution in [-0.2, 0) is 12.8 Å². The third-order valence-electron chi connectivity index (χ3n) is 4.15. The van der Waals surface area contributed by atoms with Gasteiger partial charge in [-0.25, -0.2) is 0 Å². The van der Waals surface area contributed by atoms with Crippen LogP contribution in [0.4, 0.5) is 0 Å². The lowest BCUT2D eigenvalue weighted by molar-refractivity contribution is 0.303. The highest BCUT2D eigenvalue weighted by Gasteiger charge is 2.17. The largest absolute Gasteiger partial charge is 0.303 e. The first kappa shape index (κ1) is 11.7. The molecule has 2 aromatic rings. The number of para-hydroxylation sites is 1. The van der Waals surface area contributed by atoms with Gasteiger partial charge in [-0.3, -0.25) is 4.98 Å². The Morgan fingerprint density at radius 1 is 1.17 bits per heavy atom. The SMILES string of the molecule is CCN1CCc2nc3ccccc3c(C)c2CC1. The number of likely N-dealkylation sites (N-methyl/N-ethyl adjacent to an activating group) is 1. The normalized spacial score (nSPS) is 16.6. The van der Waals surface area contributed by atoms with Crippen LogP contribution in [0.3, 0.4) is 0 Å². The van der Waals surface area contributed by atoms with Crippen molar-refractivity contribution in [2.45, 2.75) is 26.7 Å². The third kappa shape index (κ3) is 1.91. The van der Waals surface area contributed by atoms with Crippen molar-refractivity contribution in [2.75, 3.05) is 19.6 Å². The molecule has 1 aliphatic heterocycles. The highest BCUT2D eigenvalue weighted by Crippen LogP contribution is 2.25. The van der Waals surface area contributed by atoms with E-state index in [1.165, 1.54) is 28.8 Å². The lowest BCUT2D eigenvalue weighted by Gasteiger charge is -2.16. The van der Waals surface area contributed by atoms with E-state index >= 15 is 0 Å². The van der Waals surface area contributed by atoms with Crippen molar-refractivity contribution < 1.29 is 0 Å². The van der Waals surface area contributed by atoms with E-state index in [0.717, 1.165) is 31.4 Å². The minimum atomic E-state index is 1.09. The van der Waals surface area contributed by atoms with Gasteiger partial charge in [0.15, 0.2) is 0 Å². The van der Waals surface area contributed by atoms with Crippen molar-refractivity contribution in [3.63, 3.8) is 0 Å². The first-order valence-corrected chi connectivity index (χ1v) is 6.89. The van der Waals surface area contributed by atoms with Crippen molar-refractivity contribution in [2.24, 2.45) is 0 Å². The molecule has 1 aromatic carbocycles. The van der Waals surface area contributed by atoms with E-state index < -0.39 is 0 Å². The van der Waals surface area contributed by atoms with Crippen molar-refractivity contribution >= 4 is 10.9 Å². The molecule has 0 amide bonds. The van der Waals surface area contributed by atoms with Gasteiger partial charge in [0.1, 0.15) is 0 Å². The topological polar surface area (TPSA) is 16.1 Å². The highest BCUT2D eigenvalue weighted by molar-refractivity contribution is 5.83. The summed E-state index contributed by atoms with van der Waals surface area (Å²) in [6, 6.07) is 8.51. The number of hydrogen-bond acceptors (Lipinski definition) is 2. The van der Waals surface area contributed by atoms with E-state index in [2.05, 4.69) is 43.0 Å². The Bertz CT molecular complexity index is 575. The van der Waals surface area contributed by atoms with Gasteiger partial charge in [0, 0.05) is 30.6 Å². The molecule has 0 unspecified atom stereocenters. The number of fused-ring (bicyclic) bond motifs is 2. The Balaban J connectivity index is 2.12. The molecular weight excluding hydrogens is 220 g/mol. The molecule has 1 aromatic heterocycles. The predicted molar refractivity (Wildman–Crippen MR) is 76.0 cm³/mol. The molecule has 0 aliphatic carbocycles. The summed E-state index contributed by atoms with van der Waals surface area (Å²) in [4.78, 5) is 7.40. The van der Waals surface area contributed by atoms with E-state index in [-0.39, 0.29) is 0 Å². The Morgan fingerprint density at radius 3 is 2.78 bits per heavy atom. The van der Waals surface area contributed by atoms with Gasteiger partial charge in [-0.1, -0.05) is 25.1 Å². The van der Waals surface area contributed by atoms with Crippen LogP contribution in [0.15, 0.2) is 24.3 Å². The van der Waals surface area contributed by atoms with E-state index in [1.807, 2.05) is 0 Å². The van der Waals surface area contributed by atoms with E-state index in [4.69, 9.17) is 4.98 Å². The Morgan fingerprint density at radius 2 is 1.94 bits per heavy atom. The summed E-state index contributed by atoms with van der Waals surface area (Å²) in [5.74, 6) is 0. The average molecular weight is 240 g/mol. The summed E-state index contributed by atoms with van der Waals surface area (Å²) >= 11 is 0. The van der Waals surface area contributed by atoms with E-state index in [9.17, 15) is 0 Å². The summed E-state index contributed by atoms with van der Waals surface area (Å²) in [6.45, 7) is 7.96. The number of pyridine rings is 1. The molecule has 0 bridgehead atoms. The van der Waals surface area contributed by atoms with Crippen molar-refractivity contribution in [1.82, 2.24) is 9.88 Å². The monoisotopic (exact) mass is 240 g/mol. The molecule has 0 saturated carbocycles. The molecule has 2 heterocycles. The molecule has 0 saturated heterocycles. The van der Waals surface area contributed by atoms with Gasteiger partial charge < -0.3 is 4.90 Å². The first-order chi connectivity index (χ1) is 8.79. The van der Waals surface area contributed by atoms with Crippen LogP contribution in [-0.4, -0.2) is 29.5 Å². The zero-order valence-corrected chi connectivity index (χ0v) is 11.2. The van der Waals surface area contributed by atoms with Gasteiger partial charge in [0.25, 0.3) is 0 Å². The molecule has 1 aliphatic rings. The molecule has 0 radical (unpaired) electrons. The second-order valence-electron chi connectivity index (χ2n) is 5.11. The Kier molecular flexibility index (Phi) is 3.04.